The van der Waals surface area contributed by atoms with Gasteiger partial charge >= 0.3 is 0 Å². The number of methoxy groups -OCH3 is 2. The molecule has 0 saturated carbocycles. The average Bonchev–Trinajstić information content (AvgIpc) is 2.96. The molecule has 0 spiro atoms. The van der Waals surface area contributed by atoms with Gasteiger partial charge in [-0.05, 0) is 45.7 Å². The van der Waals surface area contributed by atoms with E-state index < -0.39 is 5.54 Å². The van der Waals surface area contributed by atoms with E-state index in [2.05, 4.69) is 5.32 Å². The Labute approximate surface area is 161 Å². The highest BCUT2D eigenvalue weighted by Gasteiger charge is 2.48. The van der Waals surface area contributed by atoms with Gasteiger partial charge in [0.25, 0.3) is 0 Å². The van der Waals surface area contributed by atoms with Crippen LogP contribution in [-0.2, 0) is 14.3 Å². The SMILES string of the molecule is COc1ccc(N2C(=O)CC[C@]2(C)C(=O)NCCCOC(C)C)c(OC)c1. The maximum absolute atomic E-state index is 12.9. The molecule has 2 amide bonds. The van der Waals surface area contributed by atoms with Gasteiger partial charge in [-0.2, -0.15) is 0 Å². The summed E-state index contributed by atoms with van der Waals surface area (Å²) in [6.07, 6.45) is 1.66. The number of benzene rings is 1. The van der Waals surface area contributed by atoms with Gasteiger partial charge in [-0.3, -0.25) is 14.5 Å². The molecular formula is C20H30N2O5. The highest BCUT2D eigenvalue weighted by atomic mass is 16.5. The Kier molecular flexibility index (Phi) is 7.07. The topological polar surface area (TPSA) is 77.1 Å². The predicted molar refractivity (Wildman–Crippen MR) is 103 cm³/mol. The summed E-state index contributed by atoms with van der Waals surface area (Å²) in [5, 5.41) is 2.94. The summed E-state index contributed by atoms with van der Waals surface area (Å²) < 4.78 is 16.1. The molecule has 1 aliphatic rings. The van der Waals surface area contributed by atoms with E-state index in [1.54, 1.807) is 37.1 Å². The van der Waals surface area contributed by atoms with Gasteiger partial charge in [-0.1, -0.05) is 0 Å². The van der Waals surface area contributed by atoms with Crippen LogP contribution in [0.4, 0.5) is 5.69 Å². The van der Waals surface area contributed by atoms with Gasteiger partial charge in [0.1, 0.15) is 17.0 Å². The fourth-order valence-electron chi connectivity index (χ4n) is 3.22. The largest absolute Gasteiger partial charge is 0.497 e. The van der Waals surface area contributed by atoms with Crippen LogP contribution >= 0.6 is 0 Å². The Morgan fingerprint density at radius 1 is 1.30 bits per heavy atom. The number of hydrogen-bond acceptors (Lipinski definition) is 5. The van der Waals surface area contributed by atoms with E-state index in [9.17, 15) is 9.59 Å². The second kappa shape index (κ2) is 9.08. The molecule has 2 rings (SSSR count). The lowest BCUT2D eigenvalue weighted by Gasteiger charge is -2.34. The van der Waals surface area contributed by atoms with Crippen molar-refractivity contribution in [2.75, 3.05) is 32.3 Å². The number of rotatable bonds is 9. The first-order valence-electron chi connectivity index (χ1n) is 9.28. The maximum Gasteiger partial charge on any atom is 0.246 e. The molecule has 1 aromatic carbocycles. The minimum atomic E-state index is -0.960. The van der Waals surface area contributed by atoms with Gasteiger partial charge in [-0.25, -0.2) is 0 Å². The number of nitrogens with zero attached hydrogens (tertiary/aromatic N) is 1. The molecular weight excluding hydrogens is 348 g/mol. The Balaban J connectivity index is 2.15. The lowest BCUT2D eigenvalue weighted by molar-refractivity contribution is -0.127. The van der Waals surface area contributed by atoms with Gasteiger partial charge in [0.2, 0.25) is 11.8 Å². The lowest BCUT2D eigenvalue weighted by Crippen LogP contribution is -2.55. The molecule has 1 aromatic rings. The molecule has 1 fully saturated rings. The minimum Gasteiger partial charge on any atom is -0.497 e. The number of anilines is 1. The van der Waals surface area contributed by atoms with E-state index >= 15 is 0 Å². The summed E-state index contributed by atoms with van der Waals surface area (Å²) in [6.45, 7) is 6.84. The van der Waals surface area contributed by atoms with Gasteiger partial charge < -0.3 is 19.5 Å². The zero-order valence-corrected chi connectivity index (χ0v) is 16.8. The molecule has 0 aliphatic carbocycles. The van der Waals surface area contributed by atoms with Crippen molar-refractivity contribution in [1.82, 2.24) is 5.32 Å². The quantitative estimate of drug-likeness (QED) is 0.668. The van der Waals surface area contributed by atoms with Crippen molar-refractivity contribution in [2.45, 2.75) is 51.7 Å². The second-order valence-electron chi connectivity index (χ2n) is 7.07. The van der Waals surface area contributed by atoms with Crippen molar-refractivity contribution in [1.29, 1.82) is 0 Å². The third-order valence-electron chi connectivity index (χ3n) is 4.74. The number of ether oxygens (including phenoxy) is 3. The predicted octanol–water partition coefficient (Wildman–Crippen LogP) is 2.52. The van der Waals surface area contributed by atoms with Crippen LogP contribution in [0.1, 0.15) is 40.0 Å². The molecule has 7 nitrogen and oxygen atoms in total. The van der Waals surface area contributed by atoms with Crippen LogP contribution < -0.4 is 19.7 Å². The molecule has 1 atom stereocenters. The smallest absolute Gasteiger partial charge is 0.246 e. The van der Waals surface area contributed by atoms with Gasteiger partial charge in [-0.15, -0.1) is 0 Å². The monoisotopic (exact) mass is 378 g/mol. The zero-order valence-electron chi connectivity index (χ0n) is 16.8. The molecule has 1 saturated heterocycles. The average molecular weight is 378 g/mol. The van der Waals surface area contributed by atoms with Crippen LogP contribution in [0.2, 0.25) is 0 Å². The third-order valence-corrected chi connectivity index (χ3v) is 4.74. The van der Waals surface area contributed by atoms with Crippen LogP contribution in [0.25, 0.3) is 0 Å². The zero-order chi connectivity index (χ0) is 20.0. The first-order chi connectivity index (χ1) is 12.8. The van der Waals surface area contributed by atoms with E-state index in [4.69, 9.17) is 14.2 Å². The van der Waals surface area contributed by atoms with E-state index in [-0.39, 0.29) is 17.9 Å². The van der Waals surface area contributed by atoms with Crippen molar-refractivity contribution >= 4 is 17.5 Å². The second-order valence-corrected chi connectivity index (χ2v) is 7.07. The van der Waals surface area contributed by atoms with Crippen LogP contribution in [0.5, 0.6) is 11.5 Å². The highest BCUT2D eigenvalue weighted by molar-refractivity contribution is 6.07. The summed E-state index contributed by atoms with van der Waals surface area (Å²) in [5.74, 6) is 0.850. The molecule has 7 heteroatoms. The highest BCUT2D eigenvalue weighted by Crippen LogP contribution is 2.41. The number of carbonyl (C=O) groups excluding carboxylic acids is 2. The van der Waals surface area contributed by atoms with Gasteiger partial charge in [0.15, 0.2) is 0 Å². The summed E-state index contributed by atoms with van der Waals surface area (Å²) in [5.41, 5.74) is -0.390. The van der Waals surface area contributed by atoms with Crippen LogP contribution in [0, 0.1) is 0 Å². The Morgan fingerprint density at radius 2 is 2.04 bits per heavy atom. The number of carbonyl (C=O) groups is 2. The van der Waals surface area contributed by atoms with Crippen molar-refractivity contribution in [3.63, 3.8) is 0 Å². The van der Waals surface area contributed by atoms with E-state index in [0.717, 1.165) is 6.42 Å². The van der Waals surface area contributed by atoms with Crippen molar-refractivity contribution in [3.05, 3.63) is 18.2 Å². The molecule has 150 valence electrons. The van der Waals surface area contributed by atoms with Crippen molar-refractivity contribution < 1.29 is 23.8 Å². The Bertz CT molecular complexity index is 676. The standard InChI is InChI=1S/C20H30N2O5/c1-14(2)27-12-6-11-21-19(24)20(3)10-9-18(23)22(20)16-8-7-15(25-4)13-17(16)26-5/h7-8,13-14H,6,9-12H2,1-5H3,(H,21,24)/t20-/m1/s1. The molecule has 1 N–H and O–H groups in total. The summed E-state index contributed by atoms with van der Waals surface area (Å²) in [4.78, 5) is 27.1. The third kappa shape index (κ3) is 4.71. The summed E-state index contributed by atoms with van der Waals surface area (Å²) in [6, 6.07) is 5.22. The Morgan fingerprint density at radius 3 is 2.67 bits per heavy atom. The van der Waals surface area contributed by atoms with Gasteiger partial charge in [0.05, 0.1) is 26.0 Å². The minimum absolute atomic E-state index is 0.0979. The maximum atomic E-state index is 12.9. The van der Waals surface area contributed by atoms with Crippen molar-refractivity contribution in [2.24, 2.45) is 0 Å². The molecule has 0 bridgehead atoms. The first kappa shape index (κ1) is 21.0. The van der Waals surface area contributed by atoms with E-state index in [0.29, 0.717) is 43.2 Å². The van der Waals surface area contributed by atoms with E-state index in [1.165, 1.54) is 7.11 Å². The first-order valence-corrected chi connectivity index (χ1v) is 9.28. The van der Waals surface area contributed by atoms with Gasteiger partial charge in [0, 0.05) is 25.6 Å². The fraction of sp³-hybridized carbons (Fsp3) is 0.600. The van der Waals surface area contributed by atoms with E-state index in [1.807, 2.05) is 13.8 Å². The molecule has 27 heavy (non-hydrogen) atoms. The summed E-state index contributed by atoms with van der Waals surface area (Å²) in [7, 11) is 3.10. The molecule has 1 heterocycles. The van der Waals surface area contributed by atoms with Crippen LogP contribution in [-0.4, -0.2) is 50.8 Å². The molecule has 0 radical (unpaired) electrons. The molecule has 1 aliphatic heterocycles. The Hall–Kier alpha value is -2.28. The number of amides is 2. The van der Waals surface area contributed by atoms with Crippen LogP contribution in [0.15, 0.2) is 18.2 Å². The normalized spacial score (nSPS) is 19.5. The number of nitrogens with one attached hydrogen (secondary N) is 1. The van der Waals surface area contributed by atoms with Crippen LogP contribution in [0.3, 0.4) is 0 Å². The fourth-order valence-corrected chi connectivity index (χ4v) is 3.22. The molecule has 0 unspecified atom stereocenters. The van der Waals surface area contributed by atoms with Crippen molar-refractivity contribution in [3.8, 4) is 11.5 Å². The lowest BCUT2D eigenvalue weighted by atomic mass is 9.96. The summed E-state index contributed by atoms with van der Waals surface area (Å²) >= 11 is 0. The molecule has 0 aromatic heterocycles. The number of hydrogen-bond donors (Lipinski definition) is 1.